The number of nitrogens with one attached hydrogen (secondary N) is 3. The van der Waals surface area contributed by atoms with Crippen molar-refractivity contribution in [1.82, 2.24) is 10.3 Å². The van der Waals surface area contributed by atoms with E-state index in [4.69, 9.17) is 0 Å². The Morgan fingerprint density at radius 3 is 2.50 bits per heavy atom. The third-order valence-corrected chi connectivity index (χ3v) is 4.57. The van der Waals surface area contributed by atoms with Crippen LogP contribution >= 0.6 is 0 Å². The summed E-state index contributed by atoms with van der Waals surface area (Å²) in [6.07, 6.45) is 2.93. The quantitative estimate of drug-likeness (QED) is 0.583. The smallest absolute Gasteiger partial charge is 0.238 e. The first-order valence-electron chi connectivity index (χ1n) is 9.09. The molecule has 0 atom stereocenters. The van der Waals surface area contributed by atoms with Crippen molar-refractivity contribution in [3.8, 4) is 0 Å². The molecule has 1 heterocycles. The Kier molecular flexibility index (Phi) is 5.43. The number of aromatic amines is 1. The first-order valence-corrected chi connectivity index (χ1v) is 9.09. The molecular formula is C22H27N3O. The van der Waals surface area contributed by atoms with Crippen LogP contribution in [0.5, 0.6) is 0 Å². The molecule has 3 rings (SSSR count). The maximum atomic E-state index is 12.1. The summed E-state index contributed by atoms with van der Waals surface area (Å²) in [7, 11) is 0. The Balaban J connectivity index is 1.44. The summed E-state index contributed by atoms with van der Waals surface area (Å²) in [5.41, 5.74) is 4.63. The van der Waals surface area contributed by atoms with E-state index in [2.05, 4.69) is 60.7 Å². The van der Waals surface area contributed by atoms with Gasteiger partial charge >= 0.3 is 0 Å². The molecule has 26 heavy (non-hydrogen) atoms. The first-order chi connectivity index (χ1) is 12.4. The van der Waals surface area contributed by atoms with E-state index in [1.54, 1.807) is 0 Å². The lowest BCUT2D eigenvalue weighted by molar-refractivity contribution is -0.115. The number of benzene rings is 2. The first kappa shape index (κ1) is 18.2. The van der Waals surface area contributed by atoms with Crippen LogP contribution in [0.15, 0.2) is 54.7 Å². The fraction of sp³-hybridized carbons (Fsp3) is 0.318. The topological polar surface area (TPSA) is 56.9 Å². The largest absolute Gasteiger partial charge is 0.361 e. The van der Waals surface area contributed by atoms with E-state index in [0.717, 1.165) is 24.2 Å². The Hall–Kier alpha value is -2.59. The molecule has 0 bridgehead atoms. The Bertz CT molecular complexity index is 872. The zero-order valence-electron chi connectivity index (χ0n) is 15.7. The maximum Gasteiger partial charge on any atom is 0.238 e. The predicted octanol–water partition coefficient (Wildman–Crippen LogP) is 4.24. The number of H-pyrrole nitrogens is 1. The highest BCUT2D eigenvalue weighted by molar-refractivity contribution is 5.92. The summed E-state index contributed by atoms with van der Waals surface area (Å²) >= 11 is 0. The molecule has 4 heteroatoms. The molecule has 0 unspecified atom stereocenters. The van der Waals surface area contributed by atoms with Gasteiger partial charge < -0.3 is 15.6 Å². The molecule has 0 radical (unpaired) electrons. The molecule has 2 aromatic carbocycles. The molecule has 0 saturated carbocycles. The van der Waals surface area contributed by atoms with Crippen LogP contribution in [-0.4, -0.2) is 24.0 Å². The number of hydrogen-bond acceptors (Lipinski definition) is 2. The van der Waals surface area contributed by atoms with Crippen molar-refractivity contribution in [1.29, 1.82) is 0 Å². The van der Waals surface area contributed by atoms with Gasteiger partial charge in [0.1, 0.15) is 0 Å². The molecular weight excluding hydrogens is 322 g/mol. The highest BCUT2D eigenvalue weighted by Crippen LogP contribution is 2.23. The lowest BCUT2D eigenvalue weighted by Crippen LogP contribution is -2.29. The van der Waals surface area contributed by atoms with E-state index in [0.29, 0.717) is 6.54 Å². The van der Waals surface area contributed by atoms with Crippen LogP contribution in [0.1, 0.15) is 31.9 Å². The highest BCUT2D eigenvalue weighted by Gasteiger charge is 2.13. The van der Waals surface area contributed by atoms with E-state index in [1.807, 2.05) is 30.5 Å². The van der Waals surface area contributed by atoms with E-state index < -0.39 is 0 Å². The van der Waals surface area contributed by atoms with Gasteiger partial charge in [0.05, 0.1) is 6.54 Å². The number of aromatic nitrogens is 1. The minimum Gasteiger partial charge on any atom is -0.361 e. The number of carbonyl (C=O) groups excluding carboxylic acids is 1. The minimum atomic E-state index is -0.0209. The molecule has 0 aliphatic rings. The van der Waals surface area contributed by atoms with Crippen LogP contribution in [0.3, 0.4) is 0 Å². The van der Waals surface area contributed by atoms with E-state index in [9.17, 15) is 4.79 Å². The summed E-state index contributed by atoms with van der Waals surface area (Å²) in [6.45, 7) is 7.61. The van der Waals surface area contributed by atoms with Crippen molar-refractivity contribution in [2.75, 3.05) is 18.4 Å². The number of carbonyl (C=O) groups is 1. The second kappa shape index (κ2) is 7.75. The average Bonchev–Trinajstić information content (AvgIpc) is 3.02. The monoisotopic (exact) mass is 349 g/mol. The summed E-state index contributed by atoms with van der Waals surface area (Å²) in [4.78, 5) is 15.4. The van der Waals surface area contributed by atoms with Gasteiger partial charge in [0.25, 0.3) is 0 Å². The molecule has 0 fully saturated rings. The zero-order valence-corrected chi connectivity index (χ0v) is 15.7. The van der Waals surface area contributed by atoms with Gasteiger partial charge in [-0.3, -0.25) is 4.79 Å². The van der Waals surface area contributed by atoms with Gasteiger partial charge in [0, 0.05) is 22.8 Å². The molecule has 0 aliphatic heterocycles. The van der Waals surface area contributed by atoms with Gasteiger partial charge in [-0.2, -0.15) is 0 Å². The normalized spacial score (nSPS) is 11.7. The molecule has 1 aromatic heterocycles. The number of para-hydroxylation sites is 1. The second-order valence-electron chi connectivity index (χ2n) is 7.66. The number of hydrogen-bond donors (Lipinski definition) is 3. The molecule has 0 aliphatic carbocycles. The molecule has 136 valence electrons. The number of fused-ring (bicyclic) bond motifs is 1. The predicted molar refractivity (Wildman–Crippen MR) is 109 cm³/mol. The molecule has 0 saturated heterocycles. The third kappa shape index (κ3) is 4.52. The van der Waals surface area contributed by atoms with Crippen LogP contribution in [-0.2, 0) is 16.6 Å². The van der Waals surface area contributed by atoms with Crippen molar-refractivity contribution < 1.29 is 4.79 Å². The van der Waals surface area contributed by atoms with Crippen molar-refractivity contribution in [2.24, 2.45) is 0 Å². The van der Waals surface area contributed by atoms with Gasteiger partial charge in [0.2, 0.25) is 5.91 Å². The Morgan fingerprint density at radius 2 is 1.77 bits per heavy atom. The number of amides is 1. The molecule has 1 amide bonds. The summed E-state index contributed by atoms with van der Waals surface area (Å²) < 4.78 is 0. The Labute approximate surface area is 155 Å². The Morgan fingerprint density at radius 1 is 1.04 bits per heavy atom. The van der Waals surface area contributed by atoms with Gasteiger partial charge in [-0.25, -0.2) is 0 Å². The van der Waals surface area contributed by atoms with Gasteiger partial charge in [-0.15, -0.1) is 0 Å². The van der Waals surface area contributed by atoms with Crippen LogP contribution in [0.4, 0.5) is 5.69 Å². The summed E-state index contributed by atoms with van der Waals surface area (Å²) in [5, 5.41) is 7.40. The van der Waals surface area contributed by atoms with Crippen molar-refractivity contribution in [3.63, 3.8) is 0 Å². The third-order valence-electron chi connectivity index (χ3n) is 4.57. The van der Waals surface area contributed by atoms with E-state index in [1.165, 1.54) is 16.5 Å². The number of anilines is 1. The molecule has 4 nitrogen and oxygen atoms in total. The van der Waals surface area contributed by atoms with Gasteiger partial charge in [-0.1, -0.05) is 51.1 Å². The molecule has 3 N–H and O–H groups in total. The molecule has 0 spiro atoms. The van der Waals surface area contributed by atoms with E-state index >= 15 is 0 Å². The lowest BCUT2D eigenvalue weighted by atomic mass is 9.87. The van der Waals surface area contributed by atoms with Crippen molar-refractivity contribution in [3.05, 3.63) is 65.9 Å². The van der Waals surface area contributed by atoms with Crippen LogP contribution in [0, 0.1) is 0 Å². The summed E-state index contributed by atoms with van der Waals surface area (Å²) in [6, 6.07) is 16.3. The second-order valence-corrected chi connectivity index (χ2v) is 7.66. The van der Waals surface area contributed by atoms with Gasteiger partial charge in [-0.05, 0) is 47.7 Å². The van der Waals surface area contributed by atoms with Crippen molar-refractivity contribution in [2.45, 2.75) is 32.6 Å². The fourth-order valence-electron chi connectivity index (χ4n) is 3.02. The number of rotatable bonds is 6. The van der Waals surface area contributed by atoms with Crippen LogP contribution < -0.4 is 10.6 Å². The SMILES string of the molecule is CC(C)(C)c1ccc(NC(=O)CNCCc2c[nH]c3ccccc23)cc1. The highest BCUT2D eigenvalue weighted by atomic mass is 16.1. The summed E-state index contributed by atoms with van der Waals surface area (Å²) in [5.74, 6) is -0.0209. The zero-order chi connectivity index (χ0) is 18.6. The molecule has 3 aromatic rings. The van der Waals surface area contributed by atoms with Crippen LogP contribution in [0.25, 0.3) is 10.9 Å². The van der Waals surface area contributed by atoms with E-state index in [-0.39, 0.29) is 11.3 Å². The average molecular weight is 349 g/mol. The maximum absolute atomic E-state index is 12.1. The lowest BCUT2D eigenvalue weighted by Gasteiger charge is -2.19. The van der Waals surface area contributed by atoms with Crippen molar-refractivity contribution >= 4 is 22.5 Å². The standard InChI is InChI=1S/C22H27N3O/c1-22(2,3)17-8-10-18(11-9-17)25-21(26)15-23-13-12-16-14-24-20-7-5-4-6-19(16)20/h4-11,14,23-24H,12-13,15H2,1-3H3,(H,25,26). The van der Waals surface area contributed by atoms with Crippen LogP contribution in [0.2, 0.25) is 0 Å². The fourth-order valence-corrected chi connectivity index (χ4v) is 3.02. The minimum absolute atomic E-state index is 0.0209. The van der Waals surface area contributed by atoms with Gasteiger partial charge in [0.15, 0.2) is 0 Å².